The topological polar surface area (TPSA) is 50.3 Å². The summed E-state index contributed by atoms with van der Waals surface area (Å²) in [5.74, 6) is 1.70. The molecular formula is C16H24N4O. The molecular weight excluding hydrogens is 264 g/mol. The summed E-state index contributed by atoms with van der Waals surface area (Å²) in [4.78, 5) is 11.1. The first kappa shape index (κ1) is 15.5. The fourth-order valence-electron chi connectivity index (χ4n) is 2.35. The molecule has 0 fully saturated rings. The molecule has 0 radical (unpaired) electrons. The van der Waals surface area contributed by atoms with Crippen LogP contribution in [0, 0.1) is 0 Å². The van der Waals surface area contributed by atoms with Crippen LogP contribution in [0.5, 0.6) is 5.75 Å². The number of benzene rings is 1. The van der Waals surface area contributed by atoms with Gasteiger partial charge in [-0.1, -0.05) is 13.8 Å². The summed E-state index contributed by atoms with van der Waals surface area (Å²) < 4.78 is 5.27. The minimum absolute atomic E-state index is 0.823. The maximum absolute atomic E-state index is 5.27. The molecule has 0 atom stereocenters. The van der Waals surface area contributed by atoms with E-state index in [0.717, 1.165) is 55.1 Å². The molecule has 114 valence electrons. The Labute approximate surface area is 126 Å². The van der Waals surface area contributed by atoms with Crippen LogP contribution in [0.15, 0.2) is 24.5 Å². The van der Waals surface area contributed by atoms with E-state index in [1.807, 2.05) is 18.2 Å². The van der Waals surface area contributed by atoms with Crippen LogP contribution in [0.25, 0.3) is 10.9 Å². The molecule has 0 unspecified atom stereocenters. The first-order valence-electron chi connectivity index (χ1n) is 7.53. The number of ether oxygens (including phenoxy) is 1. The van der Waals surface area contributed by atoms with E-state index in [4.69, 9.17) is 4.74 Å². The Balaban J connectivity index is 2.01. The fourth-order valence-corrected chi connectivity index (χ4v) is 2.35. The first-order chi connectivity index (χ1) is 10.3. The quantitative estimate of drug-likeness (QED) is 0.757. The lowest BCUT2D eigenvalue weighted by molar-refractivity contribution is 0.303. The van der Waals surface area contributed by atoms with Crippen molar-refractivity contribution in [3.8, 4) is 5.75 Å². The lowest BCUT2D eigenvalue weighted by Gasteiger charge is -2.18. The minimum Gasteiger partial charge on any atom is -0.497 e. The Morgan fingerprint density at radius 2 is 2.00 bits per heavy atom. The number of anilines is 1. The van der Waals surface area contributed by atoms with Crippen LogP contribution in [0.1, 0.15) is 20.3 Å². The van der Waals surface area contributed by atoms with Crippen molar-refractivity contribution in [2.75, 3.05) is 38.6 Å². The van der Waals surface area contributed by atoms with Crippen LogP contribution >= 0.6 is 0 Å². The number of aromatic nitrogens is 2. The molecule has 1 heterocycles. The van der Waals surface area contributed by atoms with Crippen LogP contribution in [-0.4, -0.2) is 48.2 Å². The van der Waals surface area contributed by atoms with Crippen molar-refractivity contribution < 1.29 is 4.74 Å². The van der Waals surface area contributed by atoms with Gasteiger partial charge in [0.05, 0.1) is 12.6 Å². The van der Waals surface area contributed by atoms with Crippen LogP contribution in [0.3, 0.4) is 0 Å². The van der Waals surface area contributed by atoms with Crippen molar-refractivity contribution in [2.24, 2.45) is 0 Å². The summed E-state index contributed by atoms with van der Waals surface area (Å²) in [7, 11) is 1.67. The van der Waals surface area contributed by atoms with Crippen molar-refractivity contribution in [2.45, 2.75) is 20.3 Å². The lowest BCUT2D eigenvalue weighted by Crippen LogP contribution is -2.25. The maximum Gasteiger partial charge on any atom is 0.137 e. The summed E-state index contributed by atoms with van der Waals surface area (Å²) >= 11 is 0. The minimum atomic E-state index is 0.823. The van der Waals surface area contributed by atoms with Gasteiger partial charge in [0.25, 0.3) is 0 Å². The summed E-state index contributed by atoms with van der Waals surface area (Å²) in [6.45, 7) is 8.60. The van der Waals surface area contributed by atoms with Crippen molar-refractivity contribution in [1.82, 2.24) is 14.9 Å². The molecule has 0 saturated carbocycles. The third-order valence-corrected chi connectivity index (χ3v) is 3.68. The van der Waals surface area contributed by atoms with Gasteiger partial charge in [0, 0.05) is 11.9 Å². The zero-order valence-electron chi connectivity index (χ0n) is 13.1. The zero-order chi connectivity index (χ0) is 15.1. The molecule has 0 aliphatic carbocycles. The van der Waals surface area contributed by atoms with E-state index < -0.39 is 0 Å². The van der Waals surface area contributed by atoms with Crippen LogP contribution in [0.4, 0.5) is 5.82 Å². The Morgan fingerprint density at radius 3 is 2.71 bits per heavy atom. The molecule has 2 rings (SSSR count). The van der Waals surface area contributed by atoms with Gasteiger partial charge in [-0.05, 0) is 44.3 Å². The second-order valence-corrected chi connectivity index (χ2v) is 4.91. The predicted octanol–water partition coefficient (Wildman–Crippen LogP) is 2.78. The molecule has 5 heteroatoms. The van der Waals surface area contributed by atoms with Crippen LogP contribution in [0.2, 0.25) is 0 Å². The van der Waals surface area contributed by atoms with Crippen LogP contribution < -0.4 is 10.1 Å². The molecule has 0 aliphatic heterocycles. The maximum atomic E-state index is 5.27. The largest absolute Gasteiger partial charge is 0.497 e. The third-order valence-electron chi connectivity index (χ3n) is 3.68. The number of rotatable bonds is 8. The van der Waals surface area contributed by atoms with Gasteiger partial charge in [-0.25, -0.2) is 9.97 Å². The van der Waals surface area contributed by atoms with E-state index in [-0.39, 0.29) is 0 Å². The molecule has 1 aromatic carbocycles. The van der Waals surface area contributed by atoms with Crippen molar-refractivity contribution in [3.05, 3.63) is 24.5 Å². The molecule has 21 heavy (non-hydrogen) atoms. The number of methoxy groups -OCH3 is 1. The summed E-state index contributed by atoms with van der Waals surface area (Å²) in [5.41, 5.74) is 0.928. The SMILES string of the molecule is CCN(CC)CCCNc1ncnc2ccc(OC)cc12. The van der Waals surface area contributed by atoms with Gasteiger partial charge in [0.2, 0.25) is 0 Å². The van der Waals surface area contributed by atoms with Crippen molar-refractivity contribution >= 4 is 16.7 Å². The van der Waals surface area contributed by atoms with Crippen molar-refractivity contribution in [1.29, 1.82) is 0 Å². The van der Waals surface area contributed by atoms with E-state index in [9.17, 15) is 0 Å². The van der Waals surface area contributed by atoms with Gasteiger partial charge in [-0.3, -0.25) is 0 Å². The highest BCUT2D eigenvalue weighted by atomic mass is 16.5. The predicted molar refractivity (Wildman–Crippen MR) is 87.0 cm³/mol. The van der Waals surface area contributed by atoms with E-state index in [1.165, 1.54) is 0 Å². The number of hydrogen-bond acceptors (Lipinski definition) is 5. The molecule has 1 N–H and O–H groups in total. The number of nitrogens with zero attached hydrogens (tertiary/aromatic N) is 3. The molecule has 0 aliphatic rings. The van der Waals surface area contributed by atoms with E-state index in [1.54, 1.807) is 13.4 Å². The molecule has 5 nitrogen and oxygen atoms in total. The Morgan fingerprint density at radius 1 is 1.19 bits per heavy atom. The fraction of sp³-hybridized carbons (Fsp3) is 0.500. The highest BCUT2D eigenvalue weighted by molar-refractivity contribution is 5.89. The average molecular weight is 288 g/mol. The van der Waals surface area contributed by atoms with E-state index in [2.05, 4.69) is 34.0 Å². The highest BCUT2D eigenvalue weighted by Gasteiger charge is 2.05. The van der Waals surface area contributed by atoms with Gasteiger partial charge in [-0.2, -0.15) is 0 Å². The Bertz CT molecular complexity index is 569. The Kier molecular flexibility index (Phi) is 5.75. The normalized spacial score (nSPS) is 11.0. The number of hydrogen-bond donors (Lipinski definition) is 1. The molecule has 0 amide bonds. The Hall–Kier alpha value is -1.88. The molecule has 1 aromatic heterocycles. The standard InChI is InChI=1S/C16H24N4O/c1-4-20(5-2)10-6-9-17-16-14-11-13(21-3)7-8-15(14)18-12-19-16/h7-8,11-12H,4-6,9-10H2,1-3H3,(H,17,18,19). The smallest absolute Gasteiger partial charge is 0.137 e. The van der Waals surface area contributed by atoms with Gasteiger partial charge < -0.3 is 15.0 Å². The van der Waals surface area contributed by atoms with Gasteiger partial charge in [0.1, 0.15) is 17.9 Å². The zero-order valence-corrected chi connectivity index (χ0v) is 13.1. The van der Waals surface area contributed by atoms with Gasteiger partial charge >= 0.3 is 0 Å². The van der Waals surface area contributed by atoms with Crippen molar-refractivity contribution in [3.63, 3.8) is 0 Å². The summed E-state index contributed by atoms with van der Waals surface area (Å²) in [6, 6.07) is 5.85. The van der Waals surface area contributed by atoms with E-state index >= 15 is 0 Å². The number of fused-ring (bicyclic) bond motifs is 1. The summed E-state index contributed by atoms with van der Waals surface area (Å²) in [5, 5.41) is 4.41. The highest BCUT2D eigenvalue weighted by Crippen LogP contribution is 2.24. The molecule has 0 spiro atoms. The second-order valence-electron chi connectivity index (χ2n) is 4.91. The molecule has 0 saturated heterocycles. The molecule has 0 bridgehead atoms. The average Bonchev–Trinajstić information content (AvgIpc) is 2.54. The summed E-state index contributed by atoms with van der Waals surface area (Å²) in [6.07, 6.45) is 2.69. The third kappa shape index (κ3) is 4.04. The number of nitrogens with one attached hydrogen (secondary N) is 1. The van der Waals surface area contributed by atoms with Crippen LogP contribution in [-0.2, 0) is 0 Å². The van der Waals surface area contributed by atoms with Gasteiger partial charge in [-0.15, -0.1) is 0 Å². The van der Waals surface area contributed by atoms with Gasteiger partial charge in [0.15, 0.2) is 0 Å². The monoisotopic (exact) mass is 288 g/mol. The second kappa shape index (κ2) is 7.78. The van der Waals surface area contributed by atoms with E-state index in [0.29, 0.717) is 0 Å². The lowest BCUT2D eigenvalue weighted by atomic mass is 10.2. The molecule has 2 aromatic rings. The first-order valence-corrected chi connectivity index (χ1v) is 7.53.